The van der Waals surface area contributed by atoms with Gasteiger partial charge in [-0.1, -0.05) is 72.8 Å². The van der Waals surface area contributed by atoms with Gasteiger partial charge in [0.05, 0.1) is 10.2 Å². The number of aromatic carboxylic acids is 1. The number of fused-ring (bicyclic) bond motifs is 1. The van der Waals surface area contributed by atoms with Crippen molar-refractivity contribution in [3.05, 3.63) is 107 Å². The second-order valence-corrected chi connectivity index (χ2v) is 8.18. The molecule has 0 amide bonds. The molecule has 0 fully saturated rings. The summed E-state index contributed by atoms with van der Waals surface area (Å²) in [7, 11) is 0. The number of carboxylic acids is 1. The minimum absolute atomic E-state index is 0.0820. The molecule has 7 heteroatoms. The zero-order chi connectivity index (χ0) is 22.8. The largest absolute Gasteiger partial charge is 0.489 e. The van der Waals surface area contributed by atoms with Crippen molar-refractivity contribution in [1.29, 1.82) is 0 Å². The van der Waals surface area contributed by atoms with Crippen LogP contribution in [0.3, 0.4) is 0 Å². The molecule has 5 aromatic rings. The highest BCUT2D eigenvalue weighted by molar-refractivity contribution is 9.10. The highest BCUT2D eigenvalue weighted by Gasteiger charge is 2.22. The van der Waals surface area contributed by atoms with E-state index in [4.69, 9.17) is 4.74 Å². The summed E-state index contributed by atoms with van der Waals surface area (Å²) < 4.78 is 7.84. The molecule has 0 saturated heterocycles. The molecule has 0 atom stereocenters. The van der Waals surface area contributed by atoms with Gasteiger partial charge in [-0.15, -0.1) is 0 Å². The standard InChI is InChI=1S/C26H18BrN3O3/c27-22-23(26(31)32)29-30-24(19-9-5-2-6-10-19)21(15-28-25(22)30)18-11-13-20(14-12-18)33-16-17-7-3-1-4-8-17/h1-15H,16H2,(H,31,32). The van der Waals surface area contributed by atoms with Gasteiger partial charge < -0.3 is 9.84 Å². The number of nitrogens with zero attached hydrogens (tertiary/aromatic N) is 3. The number of hydrogen-bond donors (Lipinski definition) is 1. The average molecular weight is 500 g/mol. The van der Waals surface area contributed by atoms with E-state index in [2.05, 4.69) is 26.0 Å². The summed E-state index contributed by atoms with van der Waals surface area (Å²) in [6.45, 7) is 0.488. The lowest BCUT2D eigenvalue weighted by molar-refractivity contribution is 0.0689. The Morgan fingerprint density at radius 2 is 1.58 bits per heavy atom. The third kappa shape index (κ3) is 4.10. The third-order valence-corrected chi connectivity index (χ3v) is 5.98. The maximum atomic E-state index is 11.6. The van der Waals surface area contributed by atoms with Crippen LogP contribution in [0.1, 0.15) is 16.1 Å². The summed E-state index contributed by atoms with van der Waals surface area (Å²) in [5.41, 5.74) is 4.86. The van der Waals surface area contributed by atoms with Gasteiger partial charge >= 0.3 is 5.97 Å². The lowest BCUT2D eigenvalue weighted by Crippen LogP contribution is -2.02. The van der Waals surface area contributed by atoms with E-state index < -0.39 is 5.97 Å². The third-order valence-electron chi connectivity index (χ3n) is 5.25. The van der Waals surface area contributed by atoms with Gasteiger partial charge in [-0.3, -0.25) is 0 Å². The molecule has 5 rings (SSSR count). The molecule has 0 aliphatic rings. The van der Waals surface area contributed by atoms with Crippen molar-refractivity contribution in [1.82, 2.24) is 14.6 Å². The van der Waals surface area contributed by atoms with Crippen LogP contribution >= 0.6 is 15.9 Å². The van der Waals surface area contributed by atoms with Crippen LogP contribution in [0.2, 0.25) is 0 Å². The fourth-order valence-corrected chi connectivity index (χ4v) is 4.17. The van der Waals surface area contributed by atoms with Crippen LogP contribution in [0.4, 0.5) is 0 Å². The minimum atomic E-state index is -1.12. The first-order valence-corrected chi connectivity index (χ1v) is 11.0. The molecule has 0 spiro atoms. The number of carboxylic acid groups (broad SMARTS) is 1. The second-order valence-electron chi connectivity index (χ2n) is 7.39. The van der Waals surface area contributed by atoms with Gasteiger partial charge in [-0.05, 0) is 39.2 Å². The Morgan fingerprint density at radius 3 is 2.24 bits per heavy atom. The van der Waals surface area contributed by atoms with Crippen molar-refractivity contribution in [2.45, 2.75) is 6.61 Å². The fraction of sp³-hybridized carbons (Fsp3) is 0.0385. The van der Waals surface area contributed by atoms with E-state index in [0.717, 1.165) is 33.7 Å². The fourth-order valence-electron chi connectivity index (χ4n) is 3.65. The molecule has 6 nitrogen and oxygen atoms in total. The Balaban J connectivity index is 1.57. The maximum Gasteiger partial charge on any atom is 0.357 e. The summed E-state index contributed by atoms with van der Waals surface area (Å²) in [5.74, 6) is -0.360. The molecule has 0 aliphatic carbocycles. The van der Waals surface area contributed by atoms with E-state index in [1.165, 1.54) is 0 Å². The van der Waals surface area contributed by atoms with Crippen LogP contribution in [0.5, 0.6) is 5.75 Å². The van der Waals surface area contributed by atoms with Crippen LogP contribution < -0.4 is 4.74 Å². The molecule has 162 valence electrons. The topological polar surface area (TPSA) is 76.7 Å². The maximum absolute atomic E-state index is 11.6. The Hall–Kier alpha value is -3.97. The number of benzene rings is 3. The first-order valence-electron chi connectivity index (χ1n) is 10.2. The average Bonchev–Trinajstić information content (AvgIpc) is 3.20. The SMILES string of the molecule is O=C(O)c1nn2c(-c3ccccc3)c(-c3ccc(OCc4ccccc4)cc3)cnc2c1Br. The van der Waals surface area contributed by atoms with Gasteiger partial charge in [0, 0.05) is 17.3 Å². The molecule has 0 radical (unpaired) electrons. The number of carbonyl (C=O) groups is 1. The van der Waals surface area contributed by atoms with E-state index in [-0.39, 0.29) is 5.69 Å². The molecular formula is C26H18BrN3O3. The van der Waals surface area contributed by atoms with Crippen molar-refractivity contribution >= 4 is 27.5 Å². The molecule has 0 bridgehead atoms. The Labute approximate surface area is 198 Å². The number of hydrogen-bond acceptors (Lipinski definition) is 4. The lowest BCUT2D eigenvalue weighted by atomic mass is 10.0. The van der Waals surface area contributed by atoms with Crippen LogP contribution in [0, 0.1) is 0 Å². The van der Waals surface area contributed by atoms with Gasteiger partial charge in [-0.25, -0.2) is 14.3 Å². The summed E-state index contributed by atoms with van der Waals surface area (Å²) in [6, 6.07) is 27.5. The molecular weight excluding hydrogens is 482 g/mol. The Kier molecular flexibility index (Phi) is 5.62. The van der Waals surface area contributed by atoms with E-state index in [0.29, 0.717) is 16.7 Å². The molecule has 0 unspecified atom stereocenters. The summed E-state index contributed by atoms with van der Waals surface area (Å²) in [4.78, 5) is 16.2. The van der Waals surface area contributed by atoms with E-state index >= 15 is 0 Å². The summed E-state index contributed by atoms with van der Waals surface area (Å²) >= 11 is 3.34. The number of halogens is 1. The first-order chi connectivity index (χ1) is 16.1. The Morgan fingerprint density at radius 1 is 0.909 bits per heavy atom. The molecule has 2 heterocycles. The molecule has 0 aliphatic heterocycles. The van der Waals surface area contributed by atoms with Gasteiger partial charge in [-0.2, -0.15) is 5.10 Å². The van der Waals surface area contributed by atoms with E-state index in [1.807, 2.05) is 84.9 Å². The van der Waals surface area contributed by atoms with Crippen molar-refractivity contribution in [3.63, 3.8) is 0 Å². The molecule has 0 saturated carbocycles. The first kappa shape index (κ1) is 20.9. The zero-order valence-electron chi connectivity index (χ0n) is 17.4. The second kappa shape index (κ2) is 8.88. The van der Waals surface area contributed by atoms with E-state index in [1.54, 1.807) is 10.7 Å². The highest BCUT2D eigenvalue weighted by atomic mass is 79.9. The van der Waals surface area contributed by atoms with E-state index in [9.17, 15) is 9.90 Å². The van der Waals surface area contributed by atoms with Gasteiger partial charge in [0.25, 0.3) is 0 Å². The normalized spacial score (nSPS) is 10.9. The molecule has 1 N–H and O–H groups in total. The monoisotopic (exact) mass is 499 g/mol. The van der Waals surface area contributed by atoms with Crippen molar-refractivity contribution < 1.29 is 14.6 Å². The van der Waals surface area contributed by atoms with Crippen LogP contribution in [0.25, 0.3) is 28.0 Å². The van der Waals surface area contributed by atoms with Crippen LogP contribution in [0.15, 0.2) is 95.6 Å². The summed E-state index contributed by atoms with van der Waals surface area (Å²) in [5, 5.41) is 13.9. The molecule has 2 aromatic heterocycles. The van der Waals surface area contributed by atoms with Crippen LogP contribution in [-0.4, -0.2) is 25.7 Å². The van der Waals surface area contributed by atoms with Gasteiger partial charge in [0.1, 0.15) is 12.4 Å². The van der Waals surface area contributed by atoms with Crippen molar-refractivity contribution in [2.24, 2.45) is 0 Å². The quantitative estimate of drug-likeness (QED) is 0.305. The molecule has 33 heavy (non-hydrogen) atoms. The smallest absolute Gasteiger partial charge is 0.357 e. The van der Waals surface area contributed by atoms with Gasteiger partial charge in [0.15, 0.2) is 11.3 Å². The minimum Gasteiger partial charge on any atom is -0.489 e. The van der Waals surface area contributed by atoms with Crippen molar-refractivity contribution in [3.8, 4) is 28.1 Å². The van der Waals surface area contributed by atoms with Gasteiger partial charge in [0.2, 0.25) is 0 Å². The zero-order valence-corrected chi connectivity index (χ0v) is 18.9. The molecule has 3 aromatic carbocycles. The Bertz CT molecular complexity index is 1430. The van der Waals surface area contributed by atoms with Crippen LogP contribution in [-0.2, 0) is 6.61 Å². The predicted molar refractivity (Wildman–Crippen MR) is 129 cm³/mol. The lowest BCUT2D eigenvalue weighted by Gasteiger charge is -2.13. The number of ether oxygens (including phenoxy) is 1. The highest BCUT2D eigenvalue weighted by Crippen LogP contribution is 2.35. The summed E-state index contributed by atoms with van der Waals surface area (Å²) in [6.07, 6.45) is 1.75. The predicted octanol–water partition coefficient (Wildman–Crippen LogP) is 6.10. The number of aromatic nitrogens is 3. The van der Waals surface area contributed by atoms with Crippen molar-refractivity contribution in [2.75, 3.05) is 0 Å². The number of rotatable bonds is 6.